The summed E-state index contributed by atoms with van der Waals surface area (Å²) in [6, 6.07) is 11.6. The van der Waals surface area contributed by atoms with Crippen LogP contribution in [0.15, 0.2) is 42.5 Å². The molecule has 0 radical (unpaired) electrons. The lowest BCUT2D eigenvalue weighted by molar-refractivity contribution is -0.144. The van der Waals surface area contributed by atoms with Gasteiger partial charge in [-0.05, 0) is 49.7 Å². The molecule has 1 atom stereocenters. The molecule has 2 rings (SSSR count). The highest BCUT2D eigenvalue weighted by atomic mass is 35.5. The van der Waals surface area contributed by atoms with Gasteiger partial charge in [-0.2, -0.15) is 0 Å². The van der Waals surface area contributed by atoms with E-state index in [4.69, 9.17) is 21.4 Å². The third-order valence-electron chi connectivity index (χ3n) is 3.21. The lowest BCUT2D eigenvalue weighted by Gasteiger charge is -2.13. The Balaban J connectivity index is 2.30. The van der Waals surface area contributed by atoms with Gasteiger partial charge in [0.25, 0.3) is 0 Å². The van der Waals surface area contributed by atoms with Crippen LogP contribution in [-0.4, -0.2) is 23.0 Å². The minimum Gasteiger partial charge on any atom is -0.479 e. The highest BCUT2D eigenvalue weighted by molar-refractivity contribution is 6.30. The smallest absolute Gasteiger partial charge is 0.344 e. The number of carboxylic acid groups (broad SMARTS) is 1. The molecule has 0 aliphatic rings. The van der Waals surface area contributed by atoms with Gasteiger partial charge in [0, 0.05) is 16.1 Å². The van der Waals surface area contributed by atoms with Gasteiger partial charge in [0.05, 0.1) is 0 Å². The molecule has 0 saturated carbocycles. The number of carbonyl (C=O) groups is 2. The van der Waals surface area contributed by atoms with Crippen LogP contribution < -0.4 is 4.74 Å². The summed E-state index contributed by atoms with van der Waals surface area (Å²) in [7, 11) is 0. The van der Waals surface area contributed by atoms with Crippen LogP contribution in [0.25, 0.3) is 0 Å². The van der Waals surface area contributed by atoms with E-state index in [2.05, 4.69) is 0 Å². The Bertz CT molecular complexity index is 707. The van der Waals surface area contributed by atoms with Crippen molar-refractivity contribution < 1.29 is 19.4 Å². The van der Waals surface area contributed by atoms with E-state index in [0.29, 0.717) is 21.9 Å². The predicted molar refractivity (Wildman–Crippen MR) is 83.8 cm³/mol. The number of carbonyl (C=O) groups excluding carboxylic acids is 1. The Labute approximate surface area is 133 Å². The van der Waals surface area contributed by atoms with E-state index in [1.807, 2.05) is 0 Å². The molecule has 22 heavy (non-hydrogen) atoms. The summed E-state index contributed by atoms with van der Waals surface area (Å²) >= 11 is 5.81. The molecule has 114 valence electrons. The van der Waals surface area contributed by atoms with Crippen molar-refractivity contribution in [1.82, 2.24) is 0 Å². The molecule has 0 fully saturated rings. The highest BCUT2D eigenvalue weighted by Gasteiger charge is 2.16. The second-order valence-corrected chi connectivity index (χ2v) is 5.35. The summed E-state index contributed by atoms with van der Waals surface area (Å²) in [5.41, 5.74) is 1.70. The van der Waals surface area contributed by atoms with Gasteiger partial charge in [-0.15, -0.1) is 0 Å². The monoisotopic (exact) mass is 318 g/mol. The maximum Gasteiger partial charge on any atom is 0.344 e. The molecule has 0 aliphatic carbocycles. The Hall–Kier alpha value is -2.33. The molecule has 1 unspecified atom stereocenters. The van der Waals surface area contributed by atoms with Gasteiger partial charge in [-0.25, -0.2) is 4.79 Å². The van der Waals surface area contributed by atoms with Crippen LogP contribution in [0, 0.1) is 6.92 Å². The third kappa shape index (κ3) is 3.65. The van der Waals surface area contributed by atoms with Gasteiger partial charge in [-0.1, -0.05) is 23.7 Å². The molecule has 0 bridgehead atoms. The maximum atomic E-state index is 12.4. The molecule has 0 aliphatic heterocycles. The fourth-order valence-electron chi connectivity index (χ4n) is 1.88. The number of hydrogen-bond donors (Lipinski definition) is 1. The second kappa shape index (κ2) is 6.62. The minimum absolute atomic E-state index is 0.176. The maximum absolute atomic E-state index is 12.4. The van der Waals surface area contributed by atoms with Gasteiger partial charge in [0.1, 0.15) is 5.75 Å². The SMILES string of the molecule is Cc1ccc(C(=O)c2ccc(Cl)cc2)cc1OC(C)C(=O)O. The van der Waals surface area contributed by atoms with Crippen molar-refractivity contribution in [2.24, 2.45) is 0 Å². The first-order valence-corrected chi connectivity index (χ1v) is 7.06. The number of rotatable bonds is 5. The van der Waals surface area contributed by atoms with Gasteiger partial charge >= 0.3 is 5.97 Å². The van der Waals surface area contributed by atoms with Crippen LogP contribution in [-0.2, 0) is 4.79 Å². The topological polar surface area (TPSA) is 63.6 Å². The van der Waals surface area contributed by atoms with Crippen LogP contribution in [0.1, 0.15) is 28.4 Å². The molecule has 0 aromatic heterocycles. The first-order valence-electron chi connectivity index (χ1n) is 6.69. The summed E-state index contributed by atoms with van der Waals surface area (Å²) < 4.78 is 5.38. The average molecular weight is 319 g/mol. The molecule has 4 nitrogen and oxygen atoms in total. The summed E-state index contributed by atoms with van der Waals surface area (Å²) in [5, 5.41) is 9.47. The van der Waals surface area contributed by atoms with Crippen molar-refractivity contribution >= 4 is 23.4 Å². The lowest BCUT2D eigenvalue weighted by atomic mass is 10.0. The highest BCUT2D eigenvalue weighted by Crippen LogP contribution is 2.23. The first-order chi connectivity index (χ1) is 10.4. The molecule has 2 aromatic carbocycles. The first kappa shape index (κ1) is 16.0. The van der Waals surface area contributed by atoms with Gasteiger partial charge in [-0.3, -0.25) is 4.79 Å². The fraction of sp³-hybridized carbons (Fsp3) is 0.176. The van der Waals surface area contributed by atoms with E-state index in [9.17, 15) is 9.59 Å². The Morgan fingerprint density at radius 1 is 1.09 bits per heavy atom. The number of hydrogen-bond acceptors (Lipinski definition) is 3. The predicted octanol–water partition coefficient (Wildman–Crippen LogP) is 3.73. The normalized spacial score (nSPS) is 11.8. The molecular weight excluding hydrogens is 304 g/mol. The number of ketones is 1. The standard InChI is InChI=1S/C17H15ClO4/c1-10-3-4-13(9-15(10)22-11(2)17(20)21)16(19)12-5-7-14(18)8-6-12/h3-9,11H,1-2H3,(H,20,21). The Kier molecular flexibility index (Phi) is 4.83. The van der Waals surface area contributed by atoms with E-state index in [0.717, 1.165) is 5.56 Å². The molecule has 2 aromatic rings. The third-order valence-corrected chi connectivity index (χ3v) is 3.46. The van der Waals surface area contributed by atoms with E-state index < -0.39 is 12.1 Å². The van der Waals surface area contributed by atoms with Crippen molar-refractivity contribution in [3.05, 3.63) is 64.2 Å². The Morgan fingerprint density at radius 2 is 1.68 bits per heavy atom. The summed E-state index contributed by atoms with van der Waals surface area (Å²) in [4.78, 5) is 23.3. The fourth-order valence-corrected chi connectivity index (χ4v) is 2.00. The quantitative estimate of drug-likeness (QED) is 0.853. The van der Waals surface area contributed by atoms with E-state index in [1.54, 1.807) is 49.4 Å². The molecule has 0 spiro atoms. The van der Waals surface area contributed by atoms with E-state index >= 15 is 0 Å². The van der Waals surface area contributed by atoms with Crippen LogP contribution in [0.4, 0.5) is 0 Å². The zero-order chi connectivity index (χ0) is 16.3. The van der Waals surface area contributed by atoms with E-state index in [-0.39, 0.29) is 5.78 Å². The number of carboxylic acids is 1. The van der Waals surface area contributed by atoms with Crippen molar-refractivity contribution in [3.63, 3.8) is 0 Å². The van der Waals surface area contributed by atoms with Crippen molar-refractivity contribution in [2.45, 2.75) is 20.0 Å². The van der Waals surface area contributed by atoms with Crippen molar-refractivity contribution in [3.8, 4) is 5.75 Å². The zero-order valence-corrected chi connectivity index (χ0v) is 12.9. The molecular formula is C17H15ClO4. The molecule has 0 saturated heterocycles. The van der Waals surface area contributed by atoms with Crippen molar-refractivity contribution in [1.29, 1.82) is 0 Å². The molecule has 1 N–H and O–H groups in total. The number of aryl methyl sites for hydroxylation is 1. The number of aliphatic carboxylic acids is 1. The van der Waals surface area contributed by atoms with Gasteiger partial charge < -0.3 is 9.84 Å². The lowest BCUT2D eigenvalue weighted by Crippen LogP contribution is -2.23. The zero-order valence-electron chi connectivity index (χ0n) is 12.2. The van der Waals surface area contributed by atoms with Crippen LogP contribution in [0.5, 0.6) is 5.75 Å². The molecule has 5 heteroatoms. The number of halogens is 1. The van der Waals surface area contributed by atoms with Crippen molar-refractivity contribution in [2.75, 3.05) is 0 Å². The van der Waals surface area contributed by atoms with Gasteiger partial charge in [0.2, 0.25) is 0 Å². The van der Waals surface area contributed by atoms with Crippen LogP contribution in [0.3, 0.4) is 0 Å². The Morgan fingerprint density at radius 3 is 2.27 bits per heavy atom. The van der Waals surface area contributed by atoms with E-state index in [1.165, 1.54) is 6.92 Å². The summed E-state index contributed by atoms with van der Waals surface area (Å²) in [6.07, 6.45) is -0.986. The number of benzene rings is 2. The largest absolute Gasteiger partial charge is 0.479 e. The van der Waals surface area contributed by atoms with Crippen LogP contribution in [0.2, 0.25) is 5.02 Å². The molecule has 0 heterocycles. The van der Waals surface area contributed by atoms with Crippen LogP contribution >= 0.6 is 11.6 Å². The average Bonchev–Trinajstić information content (AvgIpc) is 2.49. The summed E-state index contributed by atoms with van der Waals surface area (Å²) in [6.45, 7) is 3.23. The number of ether oxygens (including phenoxy) is 1. The minimum atomic E-state index is -1.06. The summed E-state index contributed by atoms with van der Waals surface area (Å²) in [5.74, 6) is -0.854. The second-order valence-electron chi connectivity index (χ2n) is 4.91. The van der Waals surface area contributed by atoms with Gasteiger partial charge in [0.15, 0.2) is 11.9 Å². The molecule has 0 amide bonds.